The van der Waals surface area contributed by atoms with Gasteiger partial charge in [-0.2, -0.15) is 0 Å². The third-order valence-corrected chi connectivity index (χ3v) is 6.47. The maximum absolute atomic E-state index is 13.5. The lowest BCUT2D eigenvalue weighted by molar-refractivity contribution is -0.134. The van der Waals surface area contributed by atoms with Crippen LogP contribution in [0.2, 0.25) is 0 Å². The van der Waals surface area contributed by atoms with Gasteiger partial charge in [0.05, 0.1) is 0 Å². The fourth-order valence-corrected chi connectivity index (χ4v) is 4.64. The number of nitrogens with one attached hydrogen (secondary N) is 1. The number of amides is 3. The van der Waals surface area contributed by atoms with Crippen molar-refractivity contribution in [2.75, 3.05) is 18.4 Å². The van der Waals surface area contributed by atoms with E-state index in [0.717, 1.165) is 49.8 Å². The van der Waals surface area contributed by atoms with Crippen LogP contribution in [0.5, 0.6) is 0 Å². The highest BCUT2D eigenvalue weighted by Gasteiger charge is 2.49. The van der Waals surface area contributed by atoms with Crippen LogP contribution in [0.4, 0.5) is 10.5 Å². The Labute approximate surface area is 186 Å². The van der Waals surface area contributed by atoms with Crippen molar-refractivity contribution >= 4 is 23.6 Å². The number of nitrogens with two attached hydrogens (primary N) is 1. The van der Waals surface area contributed by atoms with Gasteiger partial charge in [0.1, 0.15) is 5.54 Å². The molecule has 1 aromatic carbocycles. The molecule has 0 radical (unpaired) electrons. The van der Waals surface area contributed by atoms with Gasteiger partial charge < -0.3 is 16.0 Å². The second-order valence-corrected chi connectivity index (χ2v) is 8.90. The SMILES string of the molecule is CCCCC1(CCCC)N=C(N)N(C2CCN(C(=O)Nc3cccc(C)c3)CC2)C1=O. The van der Waals surface area contributed by atoms with Crippen LogP contribution in [0.1, 0.15) is 70.8 Å². The highest BCUT2D eigenvalue weighted by molar-refractivity contribution is 6.07. The average Bonchev–Trinajstić information content (AvgIpc) is 3.00. The number of rotatable bonds is 8. The van der Waals surface area contributed by atoms with Crippen molar-refractivity contribution < 1.29 is 9.59 Å². The monoisotopic (exact) mass is 427 g/mol. The number of piperidine rings is 1. The number of benzene rings is 1. The molecule has 1 saturated heterocycles. The number of hydrogen-bond donors (Lipinski definition) is 2. The van der Waals surface area contributed by atoms with Crippen LogP contribution in [-0.2, 0) is 4.79 Å². The minimum Gasteiger partial charge on any atom is -0.369 e. The predicted octanol–water partition coefficient (Wildman–Crippen LogP) is 4.27. The van der Waals surface area contributed by atoms with Gasteiger partial charge in [0.25, 0.3) is 5.91 Å². The van der Waals surface area contributed by atoms with Crippen molar-refractivity contribution in [1.82, 2.24) is 9.80 Å². The Morgan fingerprint density at radius 1 is 1.19 bits per heavy atom. The zero-order valence-electron chi connectivity index (χ0n) is 19.2. The van der Waals surface area contributed by atoms with Gasteiger partial charge in [-0.1, -0.05) is 51.7 Å². The van der Waals surface area contributed by atoms with E-state index in [-0.39, 0.29) is 18.0 Å². The smallest absolute Gasteiger partial charge is 0.321 e. The first-order chi connectivity index (χ1) is 14.9. The predicted molar refractivity (Wildman–Crippen MR) is 125 cm³/mol. The number of urea groups is 1. The highest BCUT2D eigenvalue weighted by atomic mass is 16.2. The summed E-state index contributed by atoms with van der Waals surface area (Å²) in [6, 6.07) is 7.69. The lowest BCUT2D eigenvalue weighted by Gasteiger charge is -2.37. The average molecular weight is 428 g/mol. The minimum atomic E-state index is -0.685. The number of anilines is 1. The molecule has 0 bridgehead atoms. The number of unbranched alkanes of at least 4 members (excludes halogenated alkanes) is 2. The lowest BCUT2D eigenvalue weighted by Crippen LogP contribution is -2.54. The fraction of sp³-hybridized carbons (Fsp3) is 0.625. The quantitative estimate of drug-likeness (QED) is 0.649. The van der Waals surface area contributed by atoms with E-state index < -0.39 is 5.54 Å². The fourth-order valence-electron chi connectivity index (χ4n) is 4.64. The number of carbonyl (C=O) groups is 2. The van der Waals surface area contributed by atoms with Crippen LogP contribution in [0.15, 0.2) is 29.3 Å². The summed E-state index contributed by atoms with van der Waals surface area (Å²) in [6.45, 7) is 7.46. The van der Waals surface area contributed by atoms with E-state index in [2.05, 4.69) is 19.2 Å². The zero-order valence-corrected chi connectivity index (χ0v) is 19.2. The zero-order chi connectivity index (χ0) is 22.4. The number of aliphatic imine (C=N–C) groups is 1. The Kier molecular flexibility index (Phi) is 7.57. The highest BCUT2D eigenvalue weighted by Crippen LogP contribution is 2.35. The van der Waals surface area contributed by atoms with Crippen molar-refractivity contribution in [2.45, 2.75) is 83.7 Å². The van der Waals surface area contributed by atoms with Gasteiger partial charge in [-0.3, -0.25) is 9.69 Å². The summed E-state index contributed by atoms with van der Waals surface area (Å²) in [5.41, 5.74) is 7.51. The third kappa shape index (κ3) is 5.20. The largest absolute Gasteiger partial charge is 0.369 e. The van der Waals surface area contributed by atoms with Gasteiger partial charge >= 0.3 is 6.03 Å². The van der Waals surface area contributed by atoms with E-state index in [0.29, 0.717) is 31.9 Å². The number of hydrogen-bond acceptors (Lipinski definition) is 4. The third-order valence-electron chi connectivity index (χ3n) is 6.47. The number of likely N-dealkylation sites (tertiary alicyclic amines) is 1. The van der Waals surface area contributed by atoms with E-state index in [1.54, 1.807) is 4.90 Å². The summed E-state index contributed by atoms with van der Waals surface area (Å²) in [5.74, 6) is 0.425. The summed E-state index contributed by atoms with van der Waals surface area (Å²) in [4.78, 5) is 34.4. The summed E-state index contributed by atoms with van der Waals surface area (Å²) >= 11 is 0. The molecule has 3 rings (SSSR count). The Morgan fingerprint density at radius 2 is 1.84 bits per heavy atom. The molecule has 0 aliphatic carbocycles. The Balaban J connectivity index is 1.61. The standard InChI is InChI=1S/C24H37N5O2/c1-4-6-13-24(14-7-5-2)21(30)29(22(25)27-24)20-11-15-28(16-12-20)23(31)26-19-10-8-9-18(3)17-19/h8-10,17,20H,4-7,11-16H2,1-3H3,(H2,25,27)(H,26,31). The van der Waals surface area contributed by atoms with Gasteiger partial charge in [0, 0.05) is 24.8 Å². The van der Waals surface area contributed by atoms with Gasteiger partial charge in [0.15, 0.2) is 5.96 Å². The van der Waals surface area contributed by atoms with Crippen LogP contribution >= 0.6 is 0 Å². The van der Waals surface area contributed by atoms with Crippen LogP contribution in [0.25, 0.3) is 0 Å². The number of guanidine groups is 1. The van der Waals surface area contributed by atoms with E-state index in [4.69, 9.17) is 10.7 Å². The molecule has 2 aliphatic heterocycles. The summed E-state index contributed by atoms with van der Waals surface area (Å²) in [6.07, 6.45) is 6.95. The summed E-state index contributed by atoms with van der Waals surface area (Å²) in [7, 11) is 0. The molecule has 1 fully saturated rings. The molecule has 7 nitrogen and oxygen atoms in total. The first-order valence-corrected chi connectivity index (χ1v) is 11.7. The topological polar surface area (TPSA) is 91.0 Å². The van der Waals surface area contributed by atoms with Gasteiger partial charge in [0.2, 0.25) is 0 Å². The molecular formula is C24H37N5O2. The van der Waals surface area contributed by atoms with Gasteiger partial charge in [-0.15, -0.1) is 0 Å². The van der Waals surface area contributed by atoms with Crippen LogP contribution in [0.3, 0.4) is 0 Å². The van der Waals surface area contributed by atoms with Crippen LogP contribution < -0.4 is 11.1 Å². The van der Waals surface area contributed by atoms with E-state index >= 15 is 0 Å². The molecule has 0 spiro atoms. The van der Waals surface area contributed by atoms with E-state index in [9.17, 15) is 9.59 Å². The number of nitrogens with zero attached hydrogens (tertiary/aromatic N) is 3. The van der Waals surface area contributed by atoms with Crippen molar-refractivity contribution in [3.8, 4) is 0 Å². The molecule has 170 valence electrons. The Hall–Kier alpha value is -2.57. The van der Waals surface area contributed by atoms with Crippen LogP contribution in [-0.4, -0.2) is 52.4 Å². The van der Waals surface area contributed by atoms with Gasteiger partial charge in [-0.05, 0) is 50.3 Å². The van der Waals surface area contributed by atoms with Crippen molar-refractivity contribution in [3.63, 3.8) is 0 Å². The molecular weight excluding hydrogens is 390 g/mol. The Bertz CT molecular complexity index is 806. The van der Waals surface area contributed by atoms with Crippen molar-refractivity contribution in [3.05, 3.63) is 29.8 Å². The Morgan fingerprint density at radius 3 is 2.42 bits per heavy atom. The van der Waals surface area contributed by atoms with Crippen molar-refractivity contribution in [2.24, 2.45) is 10.7 Å². The molecule has 31 heavy (non-hydrogen) atoms. The second kappa shape index (κ2) is 10.2. The molecule has 0 aromatic heterocycles. The maximum Gasteiger partial charge on any atom is 0.321 e. The molecule has 1 aromatic rings. The molecule has 3 N–H and O–H groups in total. The number of carbonyl (C=O) groups excluding carboxylic acids is 2. The lowest BCUT2D eigenvalue weighted by atomic mass is 9.86. The first kappa shape index (κ1) is 23.1. The van der Waals surface area contributed by atoms with Crippen molar-refractivity contribution in [1.29, 1.82) is 0 Å². The molecule has 3 amide bonds. The summed E-state index contributed by atoms with van der Waals surface area (Å²) < 4.78 is 0. The second-order valence-electron chi connectivity index (χ2n) is 8.90. The molecule has 0 atom stereocenters. The summed E-state index contributed by atoms with van der Waals surface area (Å²) in [5, 5.41) is 2.97. The minimum absolute atomic E-state index is 0.00407. The van der Waals surface area contributed by atoms with Crippen LogP contribution in [0, 0.1) is 6.92 Å². The maximum atomic E-state index is 13.5. The molecule has 0 unspecified atom stereocenters. The number of aryl methyl sites for hydroxylation is 1. The molecule has 7 heteroatoms. The van der Waals surface area contributed by atoms with Gasteiger partial charge in [-0.25, -0.2) is 9.79 Å². The molecule has 2 heterocycles. The first-order valence-electron chi connectivity index (χ1n) is 11.7. The molecule has 0 saturated carbocycles. The normalized spacial score (nSPS) is 18.9. The van der Waals surface area contributed by atoms with E-state index in [1.807, 2.05) is 36.1 Å². The van der Waals surface area contributed by atoms with E-state index in [1.165, 1.54) is 0 Å². The molecule has 2 aliphatic rings.